The van der Waals surface area contributed by atoms with Gasteiger partial charge in [-0.05, 0) is 59.4 Å². The summed E-state index contributed by atoms with van der Waals surface area (Å²) < 4.78 is 11.1. The van der Waals surface area contributed by atoms with Gasteiger partial charge in [-0.25, -0.2) is 0 Å². The largest absolute Gasteiger partial charge is 0.493 e. The highest BCUT2D eigenvalue weighted by atomic mass is 32.1. The molecule has 0 bridgehead atoms. The van der Waals surface area contributed by atoms with Gasteiger partial charge >= 0.3 is 0 Å². The summed E-state index contributed by atoms with van der Waals surface area (Å²) in [5.74, 6) is 1.16. The third kappa shape index (κ3) is 6.75. The highest BCUT2D eigenvalue weighted by Gasteiger charge is 2.15. The van der Waals surface area contributed by atoms with Crippen molar-refractivity contribution < 1.29 is 14.3 Å². The van der Waals surface area contributed by atoms with E-state index in [1.54, 1.807) is 7.11 Å². The maximum atomic E-state index is 12.4. The van der Waals surface area contributed by atoms with Crippen LogP contribution in [0.15, 0.2) is 42.5 Å². The number of ether oxygens (including phenoxy) is 2. The predicted octanol–water partition coefficient (Wildman–Crippen LogP) is 4.59. The fraction of sp³-hybridized carbons (Fsp3) is 0.391. The molecule has 0 radical (unpaired) electrons. The van der Waals surface area contributed by atoms with Crippen molar-refractivity contribution in [2.24, 2.45) is 0 Å². The molecular formula is C23H30N2O3S. The average molecular weight is 415 g/mol. The van der Waals surface area contributed by atoms with Crippen LogP contribution in [0.3, 0.4) is 0 Å². The lowest BCUT2D eigenvalue weighted by Gasteiger charge is -2.19. The molecule has 0 aliphatic rings. The van der Waals surface area contributed by atoms with Crippen LogP contribution in [0.1, 0.15) is 55.6 Å². The van der Waals surface area contributed by atoms with Crippen LogP contribution < -0.4 is 20.1 Å². The van der Waals surface area contributed by atoms with E-state index in [0.29, 0.717) is 30.2 Å². The molecule has 0 aliphatic carbocycles. The smallest absolute Gasteiger partial charge is 0.257 e. The number of nitrogens with one attached hydrogen (secondary N) is 2. The molecule has 5 nitrogen and oxygen atoms in total. The van der Waals surface area contributed by atoms with Gasteiger partial charge in [0.2, 0.25) is 0 Å². The Labute approximate surface area is 178 Å². The topological polar surface area (TPSA) is 59.6 Å². The lowest BCUT2D eigenvalue weighted by Crippen LogP contribution is -2.38. The normalized spacial score (nSPS) is 10.9. The SMILES string of the molecule is CCCOc1ccc(CNC(=S)NC(=O)c2ccc(C(C)(C)C)cc2)cc1OC. The molecule has 0 saturated carbocycles. The summed E-state index contributed by atoms with van der Waals surface area (Å²) in [4.78, 5) is 12.4. The number of rotatable bonds is 7. The molecular weight excluding hydrogens is 384 g/mol. The van der Waals surface area contributed by atoms with E-state index in [4.69, 9.17) is 21.7 Å². The Morgan fingerprint density at radius 3 is 2.34 bits per heavy atom. The van der Waals surface area contributed by atoms with Crippen LogP contribution in [0.25, 0.3) is 0 Å². The first kappa shape index (κ1) is 22.7. The number of hydrogen-bond acceptors (Lipinski definition) is 4. The standard InChI is InChI=1S/C23H30N2O3S/c1-6-13-28-19-12-7-16(14-20(19)27-5)15-24-22(29)25-21(26)17-8-10-18(11-9-17)23(2,3)4/h7-12,14H,6,13,15H2,1-5H3,(H2,24,25,26,29). The molecule has 2 rings (SSSR count). The van der Waals surface area contributed by atoms with Crippen molar-refractivity contribution in [3.8, 4) is 11.5 Å². The summed E-state index contributed by atoms with van der Waals surface area (Å²) in [5, 5.41) is 6.05. The number of thiocarbonyl (C=S) groups is 1. The first-order valence-electron chi connectivity index (χ1n) is 9.74. The number of methoxy groups -OCH3 is 1. The van der Waals surface area contributed by atoms with Crippen molar-refractivity contribution in [3.05, 3.63) is 59.2 Å². The minimum Gasteiger partial charge on any atom is -0.493 e. The van der Waals surface area contributed by atoms with Gasteiger partial charge in [-0.15, -0.1) is 0 Å². The molecule has 156 valence electrons. The third-order valence-corrected chi connectivity index (χ3v) is 4.63. The number of carbonyl (C=O) groups excluding carboxylic acids is 1. The van der Waals surface area contributed by atoms with Gasteiger partial charge in [0.05, 0.1) is 13.7 Å². The quantitative estimate of drug-likeness (QED) is 0.649. The Morgan fingerprint density at radius 2 is 1.76 bits per heavy atom. The molecule has 2 N–H and O–H groups in total. The number of benzene rings is 2. The van der Waals surface area contributed by atoms with E-state index in [0.717, 1.165) is 12.0 Å². The third-order valence-electron chi connectivity index (χ3n) is 4.38. The van der Waals surface area contributed by atoms with Crippen molar-refractivity contribution >= 4 is 23.2 Å². The van der Waals surface area contributed by atoms with Crippen molar-refractivity contribution in [1.29, 1.82) is 0 Å². The van der Waals surface area contributed by atoms with E-state index < -0.39 is 0 Å². The molecule has 1 amide bonds. The Kier molecular flexibility index (Phi) is 8.02. The summed E-state index contributed by atoms with van der Waals surface area (Å²) >= 11 is 5.26. The Hall–Kier alpha value is -2.60. The van der Waals surface area contributed by atoms with Gasteiger partial charge in [0.1, 0.15) is 0 Å². The molecule has 0 unspecified atom stereocenters. The van der Waals surface area contributed by atoms with Gasteiger partial charge in [-0.1, -0.05) is 45.9 Å². The van der Waals surface area contributed by atoms with E-state index in [-0.39, 0.29) is 16.4 Å². The highest BCUT2D eigenvalue weighted by Crippen LogP contribution is 2.28. The molecule has 0 aliphatic heterocycles. The first-order chi connectivity index (χ1) is 13.7. The maximum Gasteiger partial charge on any atom is 0.257 e. The molecule has 0 spiro atoms. The zero-order valence-electron chi connectivity index (χ0n) is 17.8. The summed E-state index contributed by atoms with van der Waals surface area (Å²) in [5.41, 5.74) is 2.76. The number of hydrogen-bond donors (Lipinski definition) is 2. The zero-order chi connectivity index (χ0) is 21.4. The van der Waals surface area contributed by atoms with Crippen LogP contribution in [-0.4, -0.2) is 24.7 Å². The van der Waals surface area contributed by atoms with E-state index in [1.165, 1.54) is 5.56 Å². The van der Waals surface area contributed by atoms with Crippen LogP contribution in [0.2, 0.25) is 0 Å². The molecule has 0 heterocycles. The Bertz CT molecular complexity index is 842. The highest BCUT2D eigenvalue weighted by molar-refractivity contribution is 7.80. The monoisotopic (exact) mass is 414 g/mol. The predicted molar refractivity (Wildman–Crippen MR) is 121 cm³/mol. The number of carbonyl (C=O) groups is 1. The van der Waals surface area contributed by atoms with E-state index in [1.807, 2.05) is 42.5 Å². The van der Waals surface area contributed by atoms with Gasteiger partial charge in [-0.2, -0.15) is 0 Å². The Morgan fingerprint density at radius 1 is 1.07 bits per heavy atom. The summed E-state index contributed by atoms with van der Waals surface area (Å²) in [6.45, 7) is 9.57. The van der Waals surface area contributed by atoms with Gasteiger partial charge in [0.15, 0.2) is 16.6 Å². The van der Waals surface area contributed by atoms with Crippen molar-refractivity contribution in [2.75, 3.05) is 13.7 Å². The van der Waals surface area contributed by atoms with Gasteiger partial charge in [0.25, 0.3) is 5.91 Å². The van der Waals surface area contributed by atoms with Crippen LogP contribution in [0.4, 0.5) is 0 Å². The second kappa shape index (κ2) is 10.3. The second-order valence-corrected chi connectivity index (χ2v) is 8.21. The Balaban J connectivity index is 1.91. The van der Waals surface area contributed by atoms with Crippen molar-refractivity contribution in [3.63, 3.8) is 0 Å². The fourth-order valence-corrected chi connectivity index (χ4v) is 2.84. The molecule has 29 heavy (non-hydrogen) atoms. The van der Waals surface area contributed by atoms with Crippen LogP contribution in [-0.2, 0) is 12.0 Å². The van der Waals surface area contributed by atoms with E-state index in [9.17, 15) is 4.79 Å². The van der Waals surface area contributed by atoms with Crippen LogP contribution >= 0.6 is 12.2 Å². The van der Waals surface area contributed by atoms with E-state index >= 15 is 0 Å². The van der Waals surface area contributed by atoms with E-state index in [2.05, 4.69) is 38.3 Å². The summed E-state index contributed by atoms with van der Waals surface area (Å²) in [6.07, 6.45) is 0.930. The molecule has 0 fully saturated rings. The van der Waals surface area contributed by atoms with Crippen molar-refractivity contribution in [2.45, 2.75) is 46.1 Å². The minimum atomic E-state index is -0.233. The van der Waals surface area contributed by atoms with Crippen molar-refractivity contribution in [1.82, 2.24) is 10.6 Å². The molecule has 0 atom stereocenters. The lowest BCUT2D eigenvalue weighted by atomic mass is 9.87. The lowest BCUT2D eigenvalue weighted by molar-refractivity contribution is 0.0976. The molecule has 2 aromatic carbocycles. The van der Waals surface area contributed by atoms with Crippen LogP contribution in [0.5, 0.6) is 11.5 Å². The zero-order valence-corrected chi connectivity index (χ0v) is 18.6. The molecule has 6 heteroatoms. The van der Waals surface area contributed by atoms with Crippen LogP contribution in [0, 0.1) is 0 Å². The fourth-order valence-electron chi connectivity index (χ4n) is 2.68. The minimum absolute atomic E-state index is 0.0457. The molecule has 0 saturated heterocycles. The van der Waals surface area contributed by atoms with Gasteiger partial charge in [0, 0.05) is 12.1 Å². The molecule has 2 aromatic rings. The molecule has 0 aromatic heterocycles. The summed E-state index contributed by atoms with van der Waals surface area (Å²) in [7, 11) is 1.61. The average Bonchev–Trinajstić information content (AvgIpc) is 2.70. The number of amides is 1. The first-order valence-corrected chi connectivity index (χ1v) is 10.1. The summed E-state index contributed by atoms with van der Waals surface area (Å²) in [6, 6.07) is 13.3. The second-order valence-electron chi connectivity index (χ2n) is 7.80. The maximum absolute atomic E-state index is 12.4. The van der Waals surface area contributed by atoms with Gasteiger partial charge in [-0.3, -0.25) is 10.1 Å². The van der Waals surface area contributed by atoms with Gasteiger partial charge < -0.3 is 14.8 Å².